The van der Waals surface area contributed by atoms with Crippen LogP contribution in [0.4, 0.5) is 16.2 Å². The van der Waals surface area contributed by atoms with Crippen molar-refractivity contribution in [3.63, 3.8) is 0 Å². The quantitative estimate of drug-likeness (QED) is 0.458. The van der Waals surface area contributed by atoms with Crippen molar-refractivity contribution in [2.75, 3.05) is 10.6 Å². The van der Waals surface area contributed by atoms with Crippen LogP contribution < -0.4 is 16.4 Å². The zero-order chi connectivity index (χ0) is 20.8. The van der Waals surface area contributed by atoms with Crippen molar-refractivity contribution >= 4 is 34.5 Å². The van der Waals surface area contributed by atoms with Gasteiger partial charge in [-0.15, -0.1) is 5.10 Å². The number of urea groups is 1. The van der Waals surface area contributed by atoms with E-state index in [1.165, 1.54) is 6.20 Å². The second-order valence-corrected chi connectivity index (χ2v) is 7.50. The van der Waals surface area contributed by atoms with Crippen molar-refractivity contribution in [3.8, 4) is 11.6 Å². The van der Waals surface area contributed by atoms with E-state index in [0.717, 1.165) is 23.9 Å². The van der Waals surface area contributed by atoms with Crippen molar-refractivity contribution in [1.29, 1.82) is 0 Å². The van der Waals surface area contributed by atoms with Gasteiger partial charge in [0.15, 0.2) is 0 Å². The fourth-order valence-electron chi connectivity index (χ4n) is 3.43. The first-order valence-corrected chi connectivity index (χ1v) is 9.63. The summed E-state index contributed by atoms with van der Waals surface area (Å²) in [5.41, 5.74) is 4.02. The zero-order valence-corrected chi connectivity index (χ0v) is 16.5. The Morgan fingerprint density at radius 2 is 2.17 bits per heavy atom. The van der Waals surface area contributed by atoms with Gasteiger partial charge < -0.3 is 15.1 Å². The van der Waals surface area contributed by atoms with Gasteiger partial charge in [0.25, 0.3) is 5.89 Å². The molecular weight excluding hydrogens is 410 g/mol. The number of carbonyl (C=O) groups excluding carboxylic acids is 1. The molecule has 0 atom stereocenters. The highest BCUT2D eigenvalue weighted by Gasteiger charge is 2.30. The Morgan fingerprint density at radius 3 is 2.87 bits per heavy atom. The van der Waals surface area contributed by atoms with Crippen LogP contribution in [0.2, 0.25) is 5.02 Å². The number of hydrogen-bond donors (Lipinski definition) is 3. The Bertz CT molecular complexity index is 1340. The van der Waals surface area contributed by atoms with E-state index in [0.29, 0.717) is 33.6 Å². The molecule has 0 aliphatic heterocycles. The van der Waals surface area contributed by atoms with Crippen molar-refractivity contribution in [3.05, 3.63) is 57.4 Å². The average Bonchev–Trinajstić information content (AvgIpc) is 3.35. The number of hydrogen-bond acceptors (Lipinski definition) is 6. The van der Waals surface area contributed by atoms with E-state index in [-0.39, 0.29) is 5.89 Å². The molecule has 5 rings (SSSR count). The molecule has 3 N–H and O–H groups in total. The van der Waals surface area contributed by atoms with Gasteiger partial charge in [-0.3, -0.25) is 0 Å². The van der Waals surface area contributed by atoms with Crippen molar-refractivity contribution in [2.45, 2.75) is 25.7 Å². The number of nitrogens with one attached hydrogen (secondary N) is 3. The van der Waals surface area contributed by atoms with Gasteiger partial charge in [-0.1, -0.05) is 11.6 Å². The molecule has 152 valence electrons. The number of carbonyl (C=O) groups is 1. The number of aromatic nitrogens is 5. The maximum absolute atomic E-state index is 12.6. The Kier molecular flexibility index (Phi) is 4.28. The van der Waals surface area contributed by atoms with E-state index in [9.17, 15) is 9.59 Å². The van der Waals surface area contributed by atoms with Gasteiger partial charge in [0, 0.05) is 11.8 Å². The molecule has 4 aromatic heterocycles. The SMILES string of the molecule is Cc1cc(NC(=O)Nc2cnn3ccc(Cl)c3c2C2CC2)cnc1-c1n[nH]c(=O)o1. The van der Waals surface area contributed by atoms with Gasteiger partial charge in [-0.25, -0.2) is 24.2 Å². The van der Waals surface area contributed by atoms with Crippen LogP contribution in [0.1, 0.15) is 29.9 Å². The molecule has 0 unspecified atom stereocenters. The van der Waals surface area contributed by atoms with Crippen molar-refractivity contribution < 1.29 is 9.21 Å². The van der Waals surface area contributed by atoms with Gasteiger partial charge in [-0.2, -0.15) is 5.10 Å². The normalized spacial score (nSPS) is 13.5. The number of aryl methyl sites for hydroxylation is 1. The Morgan fingerprint density at radius 1 is 1.33 bits per heavy atom. The summed E-state index contributed by atoms with van der Waals surface area (Å²) in [5, 5.41) is 16.5. The molecule has 0 aromatic carbocycles. The van der Waals surface area contributed by atoms with Gasteiger partial charge in [0.05, 0.1) is 34.3 Å². The molecule has 4 aromatic rings. The summed E-state index contributed by atoms with van der Waals surface area (Å²) in [6.07, 6.45) is 6.98. The largest absolute Gasteiger partial charge is 0.434 e. The molecule has 0 bridgehead atoms. The third-order valence-electron chi connectivity index (χ3n) is 4.88. The van der Waals surface area contributed by atoms with Crippen LogP contribution >= 0.6 is 11.6 Å². The predicted octanol–water partition coefficient (Wildman–Crippen LogP) is 3.56. The molecule has 30 heavy (non-hydrogen) atoms. The first-order chi connectivity index (χ1) is 14.5. The van der Waals surface area contributed by atoms with Crippen LogP contribution in [0.15, 0.2) is 39.9 Å². The summed E-state index contributed by atoms with van der Waals surface area (Å²) >= 11 is 6.34. The number of anilines is 2. The molecule has 1 aliphatic rings. The maximum atomic E-state index is 12.6. The fourth-order valence-corrected chi connectivity index (χ4v) is 3.68. The molecule has 11 heteroatoms. The molecule has 1 aliphatic carbocycles. The smallest absolute Gasteiger partial charge is 0.386 e. The minimum absolute atomic E-state index is 0.0889. The van der Waals surface area contributed by atoms with Crippen LogP contribution in [0.3, 0.4) is 0 Å². The first-order valence-electron chi connectivity index (χ1n) is 9.26. The third kappa shape index (κ3) is 3.30. The number of nitrogens with zero attached hydrogens (tertiary/aromatic N) is 4. The van der Waals surface area contributed by atoms with Gasteiger partial charge in [-0.05, 0) is 43.4 Å². The summed E-state index contributed by atoms with van der Waals surface area (Å²) in [5.74, 6) is -0.219. The standard InChI is InChI=1S/C19H16ClN7O3/c1-9-6-11(7-21-15(9)17-25-26-19(29)30-17)23-18(28)24-13-8-22-27-5-4-12(20)16(27)14(13)10-2-3-10/h4-8,10H,2-3H2,1H3,(H,26,29)(H2,23,24,28). The molecule has 10 nitrogen and oxygen atoms in total. The van der Waals surface area contributed by atoms with Gasteiger partial charge >= 0.3 is 11.8 Å². The molecular formula is C19H16ClN7O3. The predicted molar refractivity (Wildman–Crippen MR) is 110 cm³/mol. The van der Waals surface area contributed by atoms with Crippen LogP contribution in [0.5, 0.6) is 0 Å². The van der Waals surface area contributed by atoms with Crippen molar-refractivity contribution in [2.24, 2.45) is 0 Å². The highest BCUT2D eigenvalue weighted by molar-refractivity contribution is 6.34. The second kappa shape index (κ2) is 6.99. The highest BCUT2D eigenvalue weighted by atomic mass is 35.5. The molecule has 2 amide bonds. The van der Waals surface area contributed by atoms with E-state index < -0.39 is 11.8 Å². The minimum atomic E-state index is -0.659. The van der Waals surface area contributed by atoms with Crippen molar-refractivity contribution in [1.82, 2.24) is 24.8 Å². The summed E-state index contributed by atoms with van der Waals surface area (Å²) in [7, 11) is 0. The Labute approximate surface area is 174 Å². The summed E-state index contributed by atoms with van der Waals surface area (Å²) in [6, 6.07) is 3.08. The van der Waals surface area contributed by atoms with Crippen LogP contribution in [-0.4, -0.2) is 30.8 Å². The van der Waals surface area contributed by atoms with E-state index in [2.05, 4.69) is 30.9 Å². The molecule has 0 radical (unpaired) electrons. The molecule has 0 spiro atoms. The highest BCUT2D eigenvalue weighted by Crippen LogP contribution is 2.46. The lowest BCUT2D eigenvalue weighted by molar-refractivity contribution is 0.262. The lowest BCUT2D eigenvalue weighted by Gasteiger charge is -2.13. The van der Waals surface area contributed by atoms with E-state index >= 15 is 0 Å². The molecule has 4 heterocycles. The Balaban J connectivity index is 1.38. The number of halogens is 1. The second-order valence-electron chi connectivity index (χ2n) is 7.09. The molecule has 0 saturated heterocycles. The van der Waals surface area contributed by atoms with E-state index in [1.807, 2.05) is 0 Å². The van der Waals surface area contributed by atoms with E-state index in [4.69, 9.17) is 16.0 Å². The average molecular weight is 426 g/mol. The van der Waals surface area contributed by atoms with Crippen LogP contribution in [-0.2, 0) is 0 Å². The number of aromatic amines is 1. The van der Waals surface area contributed by atoms with E-state index in [1.54, 1.807) is 36.0 Å². The maximum Gasteiger partial charge on any atom is 0.434 e. The monoisotopic (exact) mass is 425 g/mol. The number of H-pyrrole nitrogens is 1. The lowest BCUT2D eigenvalue weighted by atomic mass is 10.1. The lowest BCUT2D eigenvalue weighted by Crippen LogP contribution is -2.21. The zero-order valence-electron chi connectivity index (χ0n) is 15.8. The third-order valence-corrected chi connectivity index (χ3v) is 5.19. The number of amides is 2. The summed E-state index contributed by atoms with van der Waals surface area (Å²) < 4.78 is 6.65. The first kappa shape index (κ1) is 18.4. The van der Waals surface area contributed by atoms with Gasteiger partial charge in [0.1, 0.15) is 5.69 Å². The molecule has 1 saturated carbocycles. The fraction of sp³-hybridized carbons (Fsp3) is 0.211. The summed E-state index contributed by atoms with van der Waals surface area (Å²) in [4.78, 5) is 28.0. The Hall–Kier alpha value is -3.66. The number of rotatable bonds is 4. The van der Waals surface area contributed by atoms with Crippen LogP contribution in [0.25, 0.3) is 17.1 Å². The van der Waals surface area contributed by atoms with Gasteiger partial charge in [0.2, 0.25) is 0 Å². The summed E-state index contributed by atoms with van der Waals surface area (Å²) in [6.45, 7) is 1.78. The molecule has 1 fully saturated rings. The topological polar surface area (TPSA) is 130 Å². The van der Waals surface area contributed by atoms with Crippen LogP contribution in [0, 0.1) is 6.92 Å². The number of fused-ring (bicyclic) bond motifs is 1. The minimum Gasteiger partial charge on any atom is -0.386 e. The number of pyridine rings is 1.